The maximum absolute atomic E-state index is 3.79. The minimum atomic E-state index is 0.550. The molecule has 1 fully saturated rings. The fraction of sp³-hybridized carbons (Fsp3) is 0.667. The summed E-state index contributed by atoms with van der Waals surface area (Å²) in [5.74, 6) is 0. The summed E-state index contributed by atoms with van der Waals surface area (Å²) < 4.78 is 0. The quantitative estimate of drug-likeness (QED) is 0.739. The Morgan fingerprint density at radius 1 is 1.00 bits per heavy atom. The highest BCUT2D eigenvalue weighted by atomic mass is 14.9. The predicted molar refractivity (Wildman–Crippen MR) is 82.7 cm³/mol. The highest BCUT2D eigenvalue weighted by Crippen LogP contribution is 2.35. The van der Waals surface area contributed by atoms with Crippen LogP contribution in [-0.4, -0.2) is 6.04 Å². The molecule has 1 unspecified atom stereocenters. The van der Waals surface area contributed by atoms with E-state index in [0.717, 1.165) is 0 Å². The van der Waals surface area contributed by atoms with Gasteiger partial charge in [0.2, 0.25) is 0 Å². The first kappa shape index (κ1) is 13.0. The van der Waals surface area contributed by atoms with Gasteiger partial charge in [-0.2, -0.15) is 0 Å². The van der Waals surface area contributed by atoms with Gasteiger partial charge in [0.15, 0.2) is 0 Å². The third-order valence-corrected chi connectivity index (χ3v) is 5.05. The summed E-state index contributed by atoms with van der Waals surface area (Å²) >= 11 is 0. The zero-order valence-electron chi connectivity index (χ0n) is 12.5. The molecule has 0 aromatic heterocycles. The number of aryl methyl sites for hydroxylation is 2. The molecule has 0 spiro atoms. The van der Waals surface area contributed by atoms with Crippen molar-refractivity contribution < 1.29 is 0 Å². The van der Waals surface area contributed by atoms with E-state index in [0.29, 0.717) is 11.5 Å². The lowest BCUT2D eigenvalue weighted by atomic mass is 9.85. The van der Waals surface area contributed by atoms with Gasteiger partial charge in [-0.15, -0.1) is 0 Å². The van der Waals surface area contributed by atoms with Crippen molar-refractivity contribution in [3.05, 3.63) is 29.3 Å². The Bertz CT molecular complexity index is 447. The topological polar surface area (TPSA) is 12.0 Å². The number of nitrogens with one attached hydrogen (secondary N) is 1. The molecule has 2 aliphatic rings. The lowest BCUT2D eigenvalue weighted by molar-refractivity contribution is 0.313. The van der Waals surface area contributed by atoms with Crippen LogP contribution in [0.25, 0.3) is 0 Å². The van der Waals surface area contributed by atoms with Gasteiger partial charge in [-0.25, -0.2) is 0 Å². The molecule has 2 aliphatic carbocycles. The molecule has 0 aliphatic heterocycles. The minimum absolute atomic E-state index is 0.550. The van der Waals surface area contributed by atoms with E-state index in [1.165, 1.54) is 57.1 Å². The second-order valence-corrected chi connectivity index (χ2v) is 7.27. The van der Waals surface area contributed by atoms with Crippen molar-refractivity contribution >= 4 is 5.69 Å². The fourth-order valence-electron chi connectivity index (χ4n) is 3.70. The standard InChI is InChI=1S/C18H27N/c1-18(2)11-4-7-16(10-12-18)19-17-9-8-14-5-3-6-15(14)13-17/h8-9,13,16,19H,3-7,10-12H2,1-2H3. The molecule has 1 N–H and O–H groups in total. The van der Waals surface area contributed by atoms with Gasteiger partial charge < -0.3 is 5.32 Å². The number of rotatable bonds is 2. The lowest BCUT2D eigenvalue weighted by Gasteiger charge is -2.22. The first-order valence-corrected chi connectivity index (χ1v) is 8.01. The molecule has 1 nitrogen and oxygen atoms in total. The van der Waals surface area contributed by atoms with Gasteiger partial charge >= 0.3 is 0 Å². The van der Waals surface area contributed by atoms with Gasteiger partial charge in [0.1, 0.15) is 0 Å². The van der Waals surface area contributed by atoms with Crippen LogP contribution in [-0.2, 0) is 12.8 Å². The average molecular weight is 257 g/mol. The average Bonchev–Trinajstić information content (AvgIpc) is 2.76. The Labute approximate surface area is 117 Å². The van der Waals surface area contributed by atoms with E-state index in [2.05, 4.69) is 37.4 Å². The van der Waals surface area contributed by atoms with Crippen LogP contribution in [0.4, 0.5) is 5.69 Å². The molecule has 3 rings (SSSR count). The highest BCUT2D eigenvalue weighted by Gasteiger charge is 2.24. The molecule has 0 heterocycles. The molecule has 1 heteroatoms. The lowest BCUT2D eigenvalue weighted by Crippen LogP contribution is -2.19. The molecular weight excluding hydrogens is 230 g/mol. The summed E-state index contributed by atoms with van der Waals surface area (Å²) in [7, 11) is 0. The monoisotopic (exact) mass is 257 g/mol. The van der Waals surface area contributed by atoms with Crippen LogP contribution >= 0.6 is 0 Å². The molecule has 1 aromatic carbocycles. The molecule has 104 valence electrons. The molecule has 1 atom stereocenters. The second-order valence-electron chi connectivity index (χ2n) is 7.27. The van der Waals surface area contributed by atoms with Crippen LogP contribution in [0.1, 0.15) is 63.5 Å². The minimum Gasteiger partial charge on any atom is -0.382 e. The summed E-state index contributed by atoms with van der Waals surface area (Å²) in [6.45, 7) is 4.84. The van der Waals surface area contributed by atoms with Crippen molar-refractivity contribution in [1.82, 2.24) is 0 Å². The van der Waals surface area contributed by atoms with E-state index < -0.39 is 0 Å². The van der Waals surface area contributed by atoms with Crippen LogP contribution in [0.15, 0.2) is 18.2 Å². The fourth-order valence-corrected chi connectivity index (χ4v) is 3.70. The number of benzene rings is 1. The molecule has 1 saturated carbocycles. The Kier molecular flexibility index (Phi) is 3.56. The molecule has 0 amide bonds. The van der Waals surface area contributed by atoms with Gasteiger partial charge in [-0.3, -0.25) is 0 Å². The van der Waals surface area contributed by atoms with Crippen LogP contribution < -0.4 is 5.32 Å². The van der Waals surface area contributed by atoms with Gasteiger partial charge in [0.05, 0.1) is 0 Å². The third-order valence-electron chi connectivity index (χ3n) is 5.05. The van der Waals surface area contributed by atoms with E-state index in [4.69, 9.17) is 0 Å². The predicted octanol–water partition coefficient (Wildman–Crippen LogP) is 4.95. The third kappa shape index (κ3) is 3.13. The summed E-state index contributed by atoms with van der Waals surface area (Å²) in [6, 6.07) is 7.71. The van der Waals surface area contributed by atoms with E-state index in [-0.39, 0.29) is 0 Å². The number of hydrogen-bond donors (Lipinski definition) is 1. The zero-order chi connectivity index (χ0) is 13.3. The van der Waals surface area contributed by atoms with Gasteiger partial charge in [0, 0.05) is 11.7 Å². The smallest absolute Gasteiger partial charge is 0.0345 e. The van der Waals surface area contributed by atoms with Gasteiger partial charge in [0.25, 0.3) is 0 Å². The molecule has 0 saturated heterocycles. The molecule has 0 radical (unpaired) electrons. The van der Waals surface area contributed by atoms with E-state index in [1.807, 2.05) is 0 Å². The second kappa shape index (κ2) is 5.19. The molecule has 1 aromatic rings. The van der Waals surface area contributed by atoms with Crippen LogP contribution in [0.2, 0.25) is 0 Å². The first-order chi connectivity index (χ1) is 9.12. The van der Waals surface area contributed by atoms with Crippen molar-refractivity contribution in [1.29, 1.82) is 0 Å². The number of anilines is 1. The molecule has 0 bridgehead atoms. The Morgan fingerprint density at radius 2 is 1.84 bits per heavy atom. The van der Waals surface area contributed by atoms with Crippen LogP contribution in [0.5, 0.6) is 0 Å². The Morgan fingerprint density at radius 3 is 2.74 bits per heavy atom. The van der Waals surface area contributed by atoms with Crippen LogP contribution in [0, 0.1) is 5.41 Å². The van der Waals surface area contributed by atoms with Crippen molar-refractivity contribution in [3.63, 3.8) is 0 Å². The Hall–Kier alpha value is -0.980. The van der Waals surface area contributed by atoms with Crippen molar-refractivity contribution in [2.24, 2.45) is 5.41 Å². The SMILES string of the molecule is CC1(C)CCCC(Nc2ccc3c(c2)CCC3)CC1. The van der Waals surface area contributed by atoms with Gasteiger partial charge in [-0.05, 0) is 73.6 Å². The van der Waals surface area contributed by atoms with E-state index in [1.54, 1.807) is 11.1 Å². The van der Waals surface area contributed by atoms with Crippen molar-refractivity contribution in [2.45, 2.75) is 71.3 Å². The zero-order valence-corrected chi connectivity index (χ0v) is 12.5. The first-order valence-electron chi connectivity index (χ1n) is 8.01. The highest BCUT2D eigenvalue weighted by molar-refractivity contribution is 5.50. The largest absolute Gasteiger partial charge is 0.382 e. The normalized spacial score (nSPS) is 25.7. The van der Waals surface area contributed by atoms with E-state index in [9.17, 15) is 0 Å². The maximum atomic E-state index is 3.79. The van der Waals surface area contributed by atoms with Crippen LogP contribution in [0.3, 0.4) is 0 Å². The van der Waals surface area contributed by atoms with Gasteiger partial charge in [-0.1, -0.05) is 26.3 Å². The Balaban J connectivity index is 1.65. The summed E-state index contributed by atoms with van der Waals surface area (Å²) in [4.78, 5) is 0. The van der Waals surface area contributed by atoms with Crippen molar-refractivity contribution in [2.75, 3.05) is 5.32 Å². The number of hydrogen-bond acceptors (Lipinski definition) is 1. The molecule has 19 heavy (non-hydrogen) atoms. The van der Waals surface area contributed by atoms with Crippen molar-refractivity contribution in [3.8, 4) is 0 Å². The summed E-state index contributed by atoms with van der Waals surface area (Å²) in [5.41, 5.74) is 5.06. The summed E-state index contributed by atoms with van der Waals surface area (Å²) in [5, 5.41) is 3.79. The van der Waals surface area contributed by atoms with E-state index >= 15 is 0 Å². The maximum Gasteiger partial charge on any atom is 0.0345 e. The number of fused-ring (bicyclic) bond motifs is 1. The molecular formula is C18H27N. The summed E-state index contributed by atoms with van der Waals surface area (Å²) in [6.07, 6.45) is 10.7.